The Labute approximate surface area is 107 Å². The number of benzene rings is 1. The average Bonchev–Trinajstić information content (AvgIpc) is 2.36. The van der Waals surface area contributed by atoms with E-state index < -0.39 is 0 Å². The monoisotopic (exact) mass is 252 g/mol. The molecule has 0 aliphatic heterocycles. The lowest BCUT2D eigenvalue weighted by Crippen LogP contribution is -2.20. The zero-order chi connectivity index (χ0) is 13.2. The Kier molecular flexibility index (Phi) is 6.83. The third-order valence-corrected chi connectivity index (χ3v) is 2.19. The summed E-state index contributed by atoms with van der Waals surface area (Å²) in [6.07, 6.45) is 0.980. The summed E-state index contributed by atoms with van der Waals surface area (Å²) in [5.74, 6) is -0.219. The molecule has 1 rings (SSSR count). The maximum atomic E-state index is 11.5. The number of carbonyl (C=O) groups excluding carboxylic acids is 1. The van der Waals surface area contributed by atoms with Crippen molar-refractivity contribution in [2.24, 2.45) is 0 Å². The molecule has 0 aliphatic carbocycles. The maximum absolute atomic E-state index is 11.5. The number of nitrogens with two attached hydrogens (primary N) is 1. The molecule has 0 aromatic heterocycles. The molecule has 0 spiro atoms. The van der Waals surface area contributed by atoms with Gasteiger partial charge in [0.2, 0.25) is 5.91 Å². The Balaban J connectivity index is 2.16. The molecule has 1 aromatic rings. The van der Waals surface area contributed by atoms with Crippen LogP contribution in [0.3, 0.4) is 0 Å². The van der Waals surface area contributed by atoms with E-state index in [0.29, 0.717) is 24.6 Å². The predicted octanol–water partition coefficient (Wildman–Crippen LogP) is 1.65. The van der Waals surface area contributed by atoms with Crippen LogP contribution in [0.2, 0.25) is 0 Å². The minimum absolute atomic E-state index is 0.00379. The minimum Gasteiger partial charge on any atom is -0.397 e. The van der Waals surface area contributed by atoms with Crippen LogP contribution >= 0.6 is 0 Å². The van der Waals surface area contributed by atoms with Crippen molar-refractivity contribution in [1.82, 2.24) is 0 Å². The van der Waals surface area contributed by atoms with Gasteiger partial charge in [0.05, 0.1) is 24.6 Å². The smallest absolute Gasteiger partial charge is 0.250 e. The molecule has 0 atom stereocenters. The van der Waals surface area contributed by atoms with Crippen molar-refractivity contribution in [3.05, 3.63) is 24.3 Å². The van der Waals surface area contributed by atoms with Gasteiger partial charge in [-0.25, -0.2) is 0 Å². The molecule has 1 amide bonds. The van der Waals surface area contributed by atoms with E-state index >= 15 is 0 Å². The van der Waals surface area contributed by atoms with Crippen molar-refractivity contribution in [2.45, 2.75) is 13.3 Å². The molecule has 0 radical (unpaired) electrons. The molecule has 0 saturated carbocycles. The molecule has 100 valence electrons. The molecule has 5 heteroatoms. The molecule has 0 aliphatic rings. The molecule has 3 N–H and O–H groups in total. The van der Waals surface area contributed by atoms with Crippen LogP contribution in [-0.2, 0) is 14.3 Å². The lowest BCUT2D eigenvalue weighted by atomic mass is 10.3. The summed E-state index contributed by atoms with van der Waals surface area (Å²) >= 11 is 0. The fourth-order valence-corrected chi connectivity index (χ4v) is 1.33. The van der Waals surface area contributed by atoms with Crippen LogP contribution < -0.4 is 11.1 Å². The van der Waals surface area contributed by atoms with Gasteiger partial charge in [0.25, 0.3) is 0 Å². The van der Waals surface area contributed by atoms with E-state index in [0.717, 1.165) is 13.0 Å². The fourth-order valence-electron chi connectivity index (χ4n) is 1.33. The first kappa shape index (κ1) is 14.5. The first-order chi connectivity index (χ1) is 8.74. The Morgan fingerprint density at radius 2 is 1.94 bits per heavy atom. The molecule has 0 heterocycles. The van der Waals surface area contributed by atoms with Crippen molar-refractivity contribution in [3.8, 4) is 0 Å². The number of hydrogen-bond acceptors (Lipinski definition) is 4. The van der Waals surface area contributed by atoms with Gasteiger partial charge in [0, 0.05) is 6.61 Å². The van der Waals surface area contributed by atoms with Crippen LogP contribution in [0, 0.1) is 0 Å². The van der Waals surface area contributed by atoms with Crippen LogP contribution in [0.1, 0.15) is 13.3 Å². The number of ether oxygens (including phenoxy) is 2. The fraction of sp³-hybridized carbons (Fsp3) is 0.462. The predicted molar refractivity (Wildman–Crippen MR) is 71.4 cm³/mol. The number of nitrogen functional groups attached to an aromatic ring is 1. The number of rotatable bonds is 8. The maximum Gasteiger partial charge on any atom is 0.250 e. The van der Waals surface area contributed by atoms with Gasteiger partial charge in [-0.15, -0.1) is 0 Å². The van der Waals surface area contributed by atoms with Gasteiger partial charge < -0.3 is 20.5 Å². The highest BCUT2D eigenvalue weighted by atomic mass is 16.5. The van der Waals surface area contributed by atoms with Crippen molar-refractivity contribution < 1.29 is 14.3 Å². The zero-order valence-electron chi connectivity index (χ0n) is 10.6. The molecule has 18 heavy (non-hydrogen) atoms. The van der Waals surface area contributed by atoms with Gasteiger partial charge >= 0.3 is 0 Å². The highest BCUT2D eigenvalue weighted by Crippen LogP contribution is 2.16. The highest BCUT2D eigenvalue weighted by Gasteiger charge is 2.04. The van der Waals surface area contributed by atoms with E-state index in [2.05, 4.69) is 5.32 Å². The van der Waals surface area contributed by atoms with E-state index in [4.69, 9.17) is 15.2 Å². The van der Waals surface area contributed by atoms with Gasteiger partial charge in [-0.3, -0.25) is 4.79 Å². The molecule has 0 bridgehead atoms. The number of nitrogens with one attached hydrogen (secondary N) is 1. The Morgan fingerprint density at radius 3 is 2.67 bits per heavy atom. The first-order valence-electron chi connectivity index (χ1n) is 6.04. The second kappa shape index (κ2) is 8.49. The van der Waals surface area contributed by atoms with Gasteiger partial charge in [0.15, 0.2) is 0 Å². The molecule has 5 nitrogen and oxygen atoms in total. The molecular formula is C13H20N2O3. The highest BCUT2D eigenvalue weighted by molar-refractivity contribution is 5.94. The van der Waals surface area contributed by atoms with Crippen LogP contribution in [0.15, 0.2) is 24.3 Å². The lowest BCUT2D eigenvalue weighted by molar-refractivity contribution is -0.121. The molecule has 0 fully saturated rings. The first-order valence-corrected chi connectivity index (χ1v) is 6.04. The minimum atomic E-state index is -0.219. The van der Waals surface area contributed by atoms with Crippen molar-refractivity contribution >= 4 is 17.3 Å². The summed E-state index contributed by atoms with van der Waals surface area (Å²) in [6.45, 7) is 3.69. The van der Waals surface area contributed by atoms with Crippen molar-refractivity contribution in [2.75, 3.05) is 37.5 Å². The van der Waals surface area contributed by atoms with E-state index in [9.17, 15) is 4.79 Å². The normalized spacial score (nSPS) is 10.3. The van der Waals surface area contributed by atoms with Gasteiger partial charge in [0.1, 0.15) is 6.61 Å². The Bertz CT molecular complexity index is 369. The number of amides is 1. The molecule has 0 unspecified atom stereocenters. The van der Waals surface area contributed by atoms with Crippen molar-refractivity contribution in [1.29, 1.82) is 0 Å². The third-order valence-electron chi connectivity index (χ3n) is 2.19. The zero-order valence-corrected chi connectivity index (χ0v) is 10.6. The van der Waals surface area contributed by atoms with E-state index in [1.807, 2.05) is 19.1 Å². The van der Waals surface area contributed by atoms with E-state index in [1.54, 1.807) is 12.1 Å². The molecule has 0 saturated heterocycles. The summed E-state index contributed by atoms with van der Waals surface area (Å²) in [5.41, 5.74) is 6.85. The summed E-state index contributed by atoms with van der Waals surface area (Å²) in [6, 6.07) is 7.10. The number of carbonyl (C=O) groups is 1. The van der Waals surface area contributed by atoms with Crippen LogP contribution in [-0.4, -0.2) is 32.3 Å². The van der Waals surface area contributed by atoms with Crippen LogP contribution in [0.4, 0.5) is 11.4 Å². The summed E-state index contributed by atoms with van der Waals surface area (Å²) in [5, 5.41) is 2.68. The second-order valence-electron chi connectivity index (χ2n) is 3.80. The summed E-state index contributed by atoms with van der Waals surface area (Å²) < 4.78 is 10.4. The van der Waals surface area contributed by atoms with E-state index in [1.165, 1.54) is 0 Å². The molecular weight excluding hydrogens is 232 g/mol. The average molecular weight is 252 g/mol. The van der Waals surface area contributed by atoms with E-state index in [-0.39, 0.29) is 12.5 Å². The summed E-state index contributed by atoms with van der Waals surface area (Å²) in [4.78, 5) is 11.5. The number of anilines is 2. The Hall–Kier alpha value is -1.59. The van der Waals surface area contributed by atoms with Crippen molar-refractivity contribution in [3.63, 3.8) is 0 Å². The van der Waals surface area contributed by atoms with Crippen LogP contribution in [0.25, 0.3) is 0 Å². The van der Waals surface area contributed by atoms with Gasteiger partial charge in [-0.05, 0) is 18.6 Å². The van der Waals surface area contributed by atoms with Gasteiger partial charge in [-0.1, -0.05) is 19.1 Å². The lowest BCUT2D eigenvalue weighted by Gasteiger charge is -2.08. The number of para-hydroxylation sites is 2. The topological polar surface area (TPSA) is 73.6 Å². The third kappa shape index (κ3) is 5.65. The Morgan fingerprint density at radius 1 is 1.22 bits per heavy atom. The van der Waals surface area contributed by atoms with Crippen LogP contribution in [0.5, 0.6) is 0 Å². The van der Waals surface area contributed by atoms with Gasteiger partial charge in [-0.2, -0.15) is 0 Å². The quantitative estimate of drug-likeness (QED) is 0.545. The summed E-state index contributed by atoms with van der Waals surface area (Å²) in [7, 11) is 0. The SMILES string of the molecule is CCCOCCOCC(=O)Nc1ccccc1N. The second-order valence-corrected chi connectivity index (χ2v) is 3.80. The standard InChI is InChI=1S/C13H20N2O3/c1-2-7-17-8-9-18-10-13(16)15-12-6-4-3-5-11(12)14/h3-6H,2,7-10,14H2,1H3,(H,15,16). The molecule has 1 aromatic carbocycles. The largest absolute Gasteiger partial charge is 0.397 e. The number of hydrogen-bond donors (Lipinski definition) is 2.